The molecule has 0 radical (unpaired) electrons. The quantitative estimate of drug-likeness (QED) is 0.557. The molecular weight excluding hydrogens is 392 g/mol. The minimum absolute atomic E-state index is 0.0189. The lowest BCUT2D eigenvalue weighted by Crippen LogP contribution is -2.36. The molecule has 1 unspecified atom stereocenters. The van der Waals surface area contributed by atoms with Gasteiger partial charge in [-0.3, -0.25) is 4.79 Å². The molecule has 1 aliphatic heterocycles. The molecule has 31 heavy (non-hydrogen) atoms. The third-order valence-electron chi connectivity index (χ3n) is 5.83. The number of ether oxygens (including phenoxy) is 2. The van der Waals surface area contributed by atoms with Crippen molar-refractivity contribution in [3.8, 4) is 11.5 Å². The number of aryl methyl sites for hydroxylation is 1. The van der Waals surface area contributed by atoms with Crippen molar-refractivity contribution in [3.05, 3.63) is 71.8 Å². The zero-order valence-corrected chi connectivity index (χ0v) is 18.0. The maximum absolute atomic E-state index is 13.2. The van der Waals surface area contributed by atoms with Crippen LogP contribution in [-0.2, 0) is 13.0 Å². The lowest BCUT2D eigenvalue weighted by molar-refractivity contribution is 0.0729. The summed E-state index contributed by atoms with van der Waals surface area (Å²) in [5.74, 6) is 2.21. The van der Waals surface area contributed by atoms with E-state index in [0.29, 0.717) is 17.1 Å². The molecule has 1 amide bonds. The van der Waals surface area contributed by atoms with Crippen LogP contribution >= 0.6 is 0 Å². The van der Waals surface area contributed by atoms with Gasteiger partial charge in [-0.25, -0.2) is 0 Å². The fraction of sp³-hybridized carbons (Fsp3) is 0.375. The normalized spacial score (nSPS) is 15.8. The second kappa shape index (κ2) is 9.64. The van der Waals surface area contributed by atoms with Crippen LogP contribution in [0.2, 0.25) is 0 Å². The van der Waals surface area contributed by atoms with Crippen molar-refractivity contribution in [2.45, 2.75) is 38.3 Å². The third-order valence-corrected chi connectivity index (χ3v) is 5.83. The van der Waals surface area contributed by atoms with E-state index in [1.807, 2.05) is 23.1 Å². The van der Waals surface area contributed by atoms with E-state index in [1.54, 1.807) is 38.7 Å². The number of benzene rings is 2. The molecular formula is C24H28N4O3. The van der Waals surface area contributed by atoms with Crippen molar-refractivity contribution in [3.63, 3.8) is 0 Å². The van der Waals surface area contributed by atoms with Gasteiger partial charge in [0.2, 0.25) is 0 Å². The van der Waals surface area contributed by atoms with Crippen LogP contribution in [0.1, 0.15) is 41.0 Å². The highest BCUT2D eigenvalue weighted by Crippen LogP contribution is 2.28. The summed E-state index contributed by atoms with van der Waals surface area (Å²) in [4.78, 5) is 15.2. The molecule has 0 bridgehead atoms. The number of aromatic nitrogens is 3. The molecule has 1 aromatic heterocycles. The summed E-state index contributed by atoms with van der Waals surface area (Å²) >= 11 is 0. The number of hydrogen-bond acceptors (Lipinski definition) is 5. The molecule has 2 aromatic carbocycles. The van der Waals surface area contributed by atoms with E-state index < -0.39 is 0 Å². The lowest BCUT2D eigenvalue weighted by Gasteiger charge is -2.25. The summed E-state index contributed by atoms with van der Waals surface area (Å²) in [5, 5.41) is 8.43. The first kappa shape index (κ1) is 20.9. The Balaban J connectivity index is 1.43. The van der Waals surface area contributed by atoms with E-state index in [0.717, 1.165) is 44.6 Å². The Kier molecular flexibility index (Phi) is 6.50. The Morgan fingerprint density at radius 1 is 1.10 bits per heavy atom. The molecule has 3 aromatic rings. The van der Waals surface area contributed by atoms with Crippen molar-refractivity contribution in [2.75, 3.05) is 20.8 Å². The first-order valence-electron chi connectivity index (χ1n) is 10.6. The van der Waals surface area contributed by atoms with E-state index in [9.17, 15) is 4.79 Å². The van der Waals surface area contributed by atoms with E-state index in [2.05, 4.69) is 26.9 Å². The summed E-state index contributed by atoms with van der Waals surface area (Å²) in [6.45, 7) is 1.51. The fourth-order valence-electron chi connectivity index (χ4n) is 4.18. The number of methoxy groups -OCH3 is 2. The van der Waals surface area contributed by atoms with Crippen LogP contribution in [0.3, 0.4) is 0 Å². The number of carbonyl (C=O) groups excluding carboxylic acids is 1. The van der Waals surface area contributed by atoms with Crippen molar-refractivity contribution in [1.82, 2.24) is 19.7 Å². The van der Waals surface area contributed by atoms with Gasteiger partial charge in [0.25, 0.3) is 5.91 Å². The molecule has 1 saturated heterocycles. The summed E-state index contributed by atoms with van der Waals surface area (Å²) in [6.07, 6.45) is 5.43. The molecule has 0 aliphatic carbocycles. The van der Waals surface area contributed by atoms with Gasteiger partial charge < -0.3 is 18.9 Å². The van der Waals surface area contributed by atoms with Crippen molar-refractivity contribution >= 4 is 5.91 Å². The van der Waals surface area contributed by atoms with Crippen LogP contribution in [0, 0.1) is 0 Å². The largest absolute Gasteiger partial charge is 0.497 e. The molecule has 0 spiro atoms. The molecule has 7 nitrogen and oxygen atoms in total. The molecule has 162 valence electrons. The summed E-state index contributed by atoms with van der Waals surface area (Å²) in [6, 6.07) is 15.8. The number of likely N-dealkylation sites (tertiary alicyclic amines) is 1. The zero-order valence-electron chi connectivity index (χ0n) is 18.0. The molecule has 0 N–H and O–H groups in total. The predicted octanol–water partition coefficient (Wildman–Crippen LogP) is 3.58. The monoisotopic (exact) mass is 420 g/mol. The first-order valence-corrected chi connectivity index (χ1v) is 10.6. The molecule has 1 atom stereocenters. The van der Waals surface area contributed by atoms with Gasteiger partial charge >= 0.3 is 0 Å². The van der Waals surface area contributed by atoms with Gasteiger partial charge in [-0.2, -0.15) is 0 Å². The van der Waals surface area contributed by atoms with Crippen LogP contribution in [-0.4, -0.2) is 52.4 Å². The van der Waals surface area contributed by atoms with Gasteiger partial charge in [0, 0.05) is 30.6 Å². The van der Waals surface area contributed by atoms with E-state index in [1.165, 1.54) is 5.56 Å². The Hall–Kier alpha value is -3.35. The van der Waals surface area contributed by atoms with Gasteiger partial charge in [0.15, 0.2) is 0 Å². The molecule has 1 aliphatic rings. The first-order chi connectivity index (χ1) is 15.2. The van der Waals surface area contributed by atoms with E-state index in [4.69, 9.17) is 9.47 Å². The second-order valence-corrected chi connectivity index (χ2v) is 7.80. The van der Waals surface area contributed by atoms with Gasteiger partial charge in [0.1, 0.15) is 23.7 Å². The minimum atomic E-state index is 0.0189. The standard InChI is InChI=1S/C24H28N4O3/c1-30-21-13-19(14-22(15-21)31-2)24(29)28-12-6-9-20(28)10-11-23-26-25-17-27(23)16-18-7-4-3-5-8-18/h3-5,7-8,13-15,17,20H,6,9-12,16H2,1-2H3. The van der Waals surface area contributed by atoms with Crippen LogP contribution in [0.15, 0.2) is 54.9 Å². The number of carbonyl (C=O) groups is 1. The topological polar surface area (TPSA) is 69.5 Å². The van der Waals surface area contributed by atoms with E-state index >= 15 is 0 Å². The number of rotatable bonds is 8. The fourth-order valence-corrected chi connectivity index (χ4v) is 4.18. The number of nitrogens with zero attached hydrogens (tertiary/aromatic N) is 4. The van der Waals surface area contributed by atoms with Gasteiger partial charge in [-0.1, -0.05) is 30.3 Å². The Bertz CT molecular complexity index is 996. The van der Waals surface area contributed by atoms with Crippen molar-refractivity contribution in [1.29, 1.82) is 0 Å². The van der Waals surface area contributed by atoms with Gasteiger partial charge in [-0.15, -0.1) is 10.2 Å². The Morgan fingerprint density at radius 2 is 1.84 bits per heavy atom. The van der Waals surface area contributed by atoms with Gasteiger partial charge in [-0.05, 0) is 37.0 Å². The highest BCUT2D eigenvalue weighted by atomic mass is 16.5. The maximum atomic E-state index is 13.2. The van der Waals surface area contributed by atoms with Crippen LogP contribution in [0.4, 0.5) is 0 Å². The maximum Gasteiger partial charge on any atom is 0.254 e. The predicted molar refractivity (Wildman–Crippen MR) is 117 cm³/mol. The molecule has 1 fully saturated rings. The van der Waals surface area contributed by atoms with Crippen LogP contribution < -0.4 is 9.47 Å². The highest BCUT2D eigenvalue weighted by molar-refractivity contribution is 5.95. The van der Waals surface area contributed by atoms with Crippen LogP contribution in [0.25, 0.3) is 0 Å². The average Bonchev–Trinajstić information content (AvgIpc) is 3.46. The molecule has 0 saturated carbocycles. The zero-order chi connectivity index (χ0) is 21.6. The summed E-state index contributed by atoms with van der Waals surface area (Å²) in [7, 11) is 3.18. The smallest absolute Gasteiger partial charge is 0.254 e. The summed E-state index contributed by atoms with van der Waals surface area (Å²) < 4.78 is 12.7. The van der Waals surface area contributed by atoms with Gasteiger partial charge in [0.05, 0.1) is 20.8 Å². The molecule has 2 heterocycles. The SMILES string of the molecule is COc1cc(OC)cc(C(=O)N2CCCC2CCc2nncn2Cc2ccccc2)c1. The molecule has 7 heteroatoms. The van der Waals surface area contributed by atoms with Crippen molar-refractivity contribution < 1.29 is 14.3 Å². The molecule has 4 rings (SSSR count). The second-order valence-electron chi connectivity index (χ2n) is 7.80. The van der Waals surface area contributed by atoms with E-state index in [-0.39, 0.29) is 11.9 Å². The Labute approximate surface area is 182 Å². The minimum Gasteiger partial charge on any atom is -0.497 e. The summed E-state index contributed by atoms with van der Waals surface area (Å²) in [5.41, 5.74) is 1.81. The Morgan fingerprint density at radius 3 is 2.55 bits per heavy atom. The third kappa shape index (κ3) is 4.87. The lowest BCUT2D eigenvalue weighted by atomic mass is 10.1. The average molecular weight is 421 g/mol. The van der Waals surface area contributed by atoms with Crippen molar-refractivity contribution in [2.24, 2.45) is 0 Å². The highest BCUT2D eigenvalue weighted by Gasteiger charge is 2.30. The van der Waals surface area contributed by atoms with Crippen LogP contribution in [0.5, 0.6) is 11.5 Å². The number of hydrogen-bond donors (Lipinski definition) is 0. The number of amides is 1.